The minimum absolute atomic E-state index is 0.0168. The fraction of sp³-hybridized carbons (Fsp3) is 0.429. The fourth-order valence-corrected chi connectivity index (χ4v) is 2.48. The van der Waals surface area contributed by atoms with Crippen molar-refractivity contribution >= 4 is 0 Å². The third kappa shape index (κ3) is 2.45. The summed E-state index contributed by atoms with van der Waals surface area (Å²) in [6.07, 6.45) is 3.74. The number of fused-ring (bicyclic) bond motifs is 1. The third-order valence-electron chi connectivity index (χ3n) is 3.56. The Kier molecular flexibility index (Phi) is 3.19. The largest absolute Gasteiger partial charge is 0.345 e. The van der Waals surface area contributed by atoms with E-state index in [-0.39, 0.29) is 11.5 Å². The summed E-state index contributed by atoms with van der Waals surface area (Å²) in [5.74, 6) is 0.661. The summed E-state index contributed by atoms with van der Waals surface area (Å²) < 4.78 is 16.1. The van der Waals surface area contributed by atoms with Gasteiger partial charge in [-0.15, -0.1) is 0 Å². The van der Waals surface area contributed by atoms with Crippen molar-refractivity contribution in [2.24, 2.45) is 0 Å². The maximum Gasteiger partial charge on any atom is 0.345 e. The van der Waals surface area contributed by atoms with Crippen LogP contribution < -0.4 is 5.69 Å². The van der Waals surface area contributed by atoms with Crippen LogP contribution in [-0.2, 0) is 25.9 Å². The normalized spacial score (nSPS) is 14.4. The first-order chi connectivity index (χ1) is 9.24. The summed E-state index contributed by atoms with van der Waals surface area (Å²) in [5, 5.41) is 4.38. The van der Waals surface area contributed by atoms with Gasteiger partial charge in [-0.2, -0.15) is 5.10 Å². The molecule has 0 saturated carbocycles. The van der Waals surface area contributed by atoms with Crippen molar-refractivity contribution in [2.75, 3.05) is 0 Å². The molecule has 1 aromatic carbocycles. The van der Waals surface area contributed by atoms with Gasteiger partial charge in [-0.1, -0.05) is 12.1 Å². The zero-order valence-electron chi connectivity index (χ0n) is 10.7. The molecule has 0 unspecified atom stereocenters. The molecule has 0 atom stereocenters. The second-order valence-electron chi connectivity index (χ2n) is 4.91. The van der Waals surface area contributed by atoms with Crippen molar-refractivity contribution < 1.29 is 4.39 Å². The number of hydrogen-bond donors (Lipinski definition) is 0. The highest BCUT2D eigenvalue weighted by Crippen LogP contribution is 2.10. The van der Waals surface area contributed by atoms with Crippen LogP contribution in [0.1, 0.15) is 24.2 Å². The van der Waals surface area contributed by atoms with Gasteiger partial charge in [0.1, 0.15) is 11.6 Å². The summed E-state index contributed by atoms with van der Waals surface area (Å²) in [5.41, 5.74) is 0.996. The molecule has 0 aliphatic carbocycles. The molecule has 0 amide bonds. The van der Waals surface area contributed by atoms with Crippen molar-refractivity contribution in [2.45, 2.75) is 38.8 Å². The fourth-order valence-electron chi connectivity index (χ4n) is 2.48. The molecule has 1 aliphatic heterocycles. The molecule has 19 heavy (non-hydrogen) atoms. The Morgan fingerprint density at radius 1 is 1.21 bits per heavy atom. The maximum absolute atomic E-state index is 12.8. The standard InChI is InChI=1S/C14H16FN3O/c15-12-6-4-11(5-7-12)8-10-18-14(19)17-9-2-1-3-13(17)16-18/h4-7H,1-3,8-10H2. The molecule has 0 radical (unpaired) electrons. The topological polar surface area (TPSA) is 39.8 Å². The SMILES string of the molecule is O=c1n(CCc2ccc(F)cc2)nc2n1CCCC2. The molecule has 0 fully saturated rings. The van der Waals surface area contributed by atoms with E-state index < -0.39 is 0 Å². The monoisotopic (exact) mass is 261 g/mol. The van der Waals surface area contributed by atoms with Gasteiger partial charge in [-0.05, 0) is 37.0 Å². The van der Waals surface area contributed by atoms with Gasteiger partial charge < -0.3 is 0 Å². The van der Waals surface area contributed by atoms with Crippen LogP contribution in [0, 0.1) is 5.82 Å². The highest BCUT2D eigenvalue weighted by Gasteiger charge is 2.16. The first-order valence-corrected chi connectivity index (χ1v) is 6.65. The van der Waals surface area contributed by atoms with Gasteiger partial charge in [0, 0.05) is 13.0 Å². The second kappa shape index (κ2) is 4.99. The van der Waals surface area contributed by atoms with Crippen LogP contribution in [-0.4, -0.2) is 14.3 Å². The number of aromatic nitrogens is 3. The molecule has 100 valence electrons. The van der Waals surface area contributed by atoms with E-state index >= 15 is 0 Å². The van der Waals surface area contributed by atoms with E-state index in [4.69, 9.17) is 0 Å². The molecule has 2 heterocycles. The molecule has 4 nitrogen and oxygen atoms in total. The molecule has 0 bridgehead atoms. The summed E-state index contributed by atoms with van der Waals surface area (Å²) in [4.78, 5) is 12.1. The first-order valence-electron chi connectivity index (χ1n) is 6.65. The molecule has 0 spiro atoms. The lowest BCUT2D eigenvalue weighted by Crippen LogP contribution is -2.27. The van der Waals surface area contributed by atoms with Crippen LogP contribution in [0.25, 0.3) is 0 Å². The Morgan fingerprint density at radius 2 is 2.00 bits per heavy atom. The molecule has 0 N–H and O–H groups in total. The van der Waals surface area contributed by atoms with Gasteiger partial charge in [0.25, 0.3) is 0 Å². The van der Waals surface area contributed by atoms with Crippen molar-refractivity contribution in [3.8, 4) is 0 Å². The minimum atomic E-state index is -0.238. The van der Waals surface area contributed by atoms with Crippen molar-refractivity contribution in [1.29, 1.82) is 0 Å². The summed E-state index contributed by atoms with van der Waals surface area (Å²) in [7, 11) is 0. The van der Waals surface area contributed by atoms with Crippen LogP contribution in [0.3, 0.4) is 0 Å². The van der Waals surface area contributed by atoms with Crippen molar-refractivity contribution in [3.63, 3.8) is 0 Å². The van der Waals surface area contributed by atoms with Crippen LogP contribution in [0.2, 0.25) is 0 Å². The van der Waals surface area contributed by atoms with Crippen LogP contribution in [0.15, 0.2) is 29.1 Å². The van der Waals surface area contributed by atoms with Gasteiger partial charge in [0.05, 0.1) is 6.54 Å². The Bertz CT molecular complexity index is 627. The zero-order chi connectivity index (χ0) is 13.2. The molecule has 1 aromatic heterocycles. The van der Waals surface area contributed by atoms with Gasteiger partial charge in [-0.25, -0.2) is 13.9 Å². The van der Waals surface area contributed by atoms with E-state index in [9.17, 15) is 9.18 Å². The summed E-state index contributed by atoms with van der Waals surface area (Å²) in [6, 6.07) is 6.37. The van der Waals surface area contributed by atoms with E-state index in [1.807, 2.05) is 0 Å². The first kappa shape index (κ1) is 12.1. The maximum atomic E-state index is 12.8. The molecule has 5 heteroatoms. The number of halogens is 1. The zero-order valence-corrected chi connectivity index (χ0v) is 10.7. The van der Waals surface area contributed by atoms with Gasteiger partial charge in [0.2, 0.25) is 0 Å². The lowest BCUT2D eigenvalue weighted by molar-refractivity contribution is 0.510. The van der Waals surface area contributed by atoms with Crippen molar-refractivity contribution in [3.05, 3.63) is 52.0 Å². The van der Waals surface area contributed by atoms with Crippen LogP contribution in [0.4, 0.5) is 4.39 Å². The molecule has 2 aromatic rings. The highest BCUT2D eigenvalue weighted by molar-refractivity contribution is 5.15. The number of nitrogens with zero attached hydrogens (tertiary/aromatic N) is 3. The van der Waals surface area contributed by atoms with E-state index in [0.717, 1.165) is 37.2 Å². The Balaban J connectivity index is 1.75. The van der Waals surface area contributed by atoms with Gasteiger partial charge in [0.15, 0.2) is 0 Å². The quantitative estimate of drug-likeness (QED) is 0.844. The summed E-state index contributed by atoms with van der Waals surface area (Å²) in [6.45, 7) is 1.33. The van der Waals surface area contributed by atoms with Gasteiger partial charge >= 0.3 is 5.69 Å². The van der Waals surface area contributed by atoms with Gasteiger partial charge in [-0.3, -0.25) is 4.57 Å². The highest BCUT2D eigenvalue weighted by atomic mass is 19.1. The van der Waals surface area contributed by atoms with E-state index in [2.05, 4.69) is 5.10 Å². The predicted molar refractivity (Wildman–Crippen MR) is 69.5 cm³/mol. The lowest BCUT2D eigenvalue weighted by atomic mass is 10.1. The van der Waals surface area contributed by atoms with E-state index in [0.29, 0.717) is 13.0 Å². The van der Waals surface area contributed by atoms with E-state index in [1.165, 1.54) is 16.8 Å². The lowest BCUT2D eigenvalue weighted by Gasteiger charge is -2.09. The van der Waals surface area contributed by atoms with Crippen LogP contribution >= 0.6 is 0 Å². The Morgan fingerprint density at radius 3 is 2.74 bits per heavy atom. The predicted octanol–water partition coefficient (Wildman–Crippen LogP) is 1.76. The average Bonchev–Trinajstić information content (AvgIpc) is 2.76. The molecule has 3 rings (SSSR count). The minimum Gasteiger partial charge on any atom is -0.279 e. The molecular weight excluding hydrogens is 245 g/mol. The number of hydrogen-bond acceptors (Lipinski definition) is 2. The Hall–Kier alpha value is -1.91. The molecule has 0 saturated heterocycles. The van der Waals surface area contributed by atoms with E-state index in [1.54, 1.807) is 16.7 Å². The molecular formula is C14H16FN3O. The van der Waals surface area contributed by atoms with Crippen LogP contribution in [0.5, 0.6) is 0 Å². The smallest absolute Gasteiger partial charge is 0.279 e. The third-order valence-corrected chi connectivity index (χ3v) is 3.56. The van der Waals surface area contributed by atoms with Crippen molar-refractivity contribution in [1.82, 2.24) is 14.3 Å². The summed E-state index contributed by atoms with van der Waals surface area (Å²) >= 11 is 0. The number of rotatable bonds is 3. The number of aryl methyl sites for hydroxylation is 3. The Labute approximate surface area is 110 Å². The number of benzene rings is 1. The molecule has 1 aliphatic rings. The second-order valence-corrected chi connectivity index (χ2v) is 4.91. The average molecular weight is 261 g/mol.